The fourth-order valence-electron chi connectivity index (χ4n) is 2.13. The molecule has 2 aromatic carbocycles. The number of aldehydes is 1. The lowest BCUT2D eigenvalue weighted by atomic mass is 10.1. The summed E-state index contributed by atoms with van der Waals surface area (Å²) in [6, 6.07) is 12.8. The molecule has 0 bridgehead atoms. The minimum absolute atomic E-state index is 0.154. The van der Waals surface area contributed by atoms with E-state index in [1.165, 1.54) is 5.56 Å². The highest BCUT2D eigenvalue weighted by atomic mass is 79.9. The summed E-state index contributed by atoms with van der Waals surface area (Å²) in [5, 5.41) is 2.77. The number of carbonyl (C=O) groups is 2. The molecule has 0 aliphatic heterocycles. The Kier molecular flexibility index (Phi) is 6.35. The molecule has 120 valence electrons. The highest BCUT2D eigenvalue weighted by Gasteiger charge is 2.08. The van der Waals surface area contributed by atoms with Crippen LogP contribution in [0.15, 0.2) is 46.9 Å². The third-order valence-electron chi connectivity index (χ3n) is 3.23. The molecule has 2 rings (SSSR count). The fourth-order valence-corrected chi connectivity index (χ4v) is 2.51. The molecule has 1 amide bonds. The van der Waals surface area contributed by atoms with Crippen molar-refractivity contribution in [2.45, 2.75) is 19.8 Å². The van der Waals surface area contributed by atoms with Gasteiger partial charge in [0.2, 0.25) is 0 Å². The first kappa shape index (κ1) is 17.2. The second-order valence-corrected chi connectivity index (χ2v) is 6.00. The van der Waals surface area contributed by atoms with Crippen LogP contribution in [0.3, 0.4) is 0 Å². The third-order valence-corrected chi connectivity index (χ3v) is 3.73. The van der Waals surface area contributed by atoms with Crippen LogP contribution in [0, 0.1) is 0 Å². The van der Waals surface area contributed by atoms with Crippen LogP contribution in [-0.2, 0) is 11.2 Å². The summed E-state index contributed by atoms with van der Waals surface area (Å²) in [7, 11) is 0. The number of hydrogen-bond donors (Lipinski definition) is 1. The van der Waals surface area contributed by atoms with E-state index in [1.807, 2.05) is 24.3 Å². The molecule has 0 heterocycles. The number of ether oxygens (including phenoxy) is 1. The van der Waals surface area contributed by atoms with Crippen molar-refractivity contribution in [3.63, 3.8) is 0 Å². The molecule has 0 saturated carbocycles. The number of aryl methyl sites for hydroxylation is 1. The Morgan fingerprint density at radius 2 is 1.96 bits per heavy atom. The van der Waals surface area contributed by atoms with Gasteiger partial charge in [-0.2, -0.15) is 0 Å². The van der Waals surface area contributed by atoms with Crippen LogP contribution in [0.25, 0.3) is 0 Å². The molecule has 1 N–H and O–H groups in total. The Balaban J connectivity index is 1.91. The normalized spacial score (nSPS) is 10.2. The van der Waals surface area contributed by atoms with Gasteiger partial charge in [-0.15, -0.1) is 0 Å². The molecular weight excluding hydrogens is 358 g/mol. The zero-order valence-electron chi connectivity index (χ0n) is 12.8. The molecule has 5 heteroatoms. The molecule has 0 aliphatic rings. The first-order valence-electron chi connectivity index (χ1n) is 7.38. The predicted octanol–water partition coefficient (Wildman–Crippen LogP) is 4.23. The maximum Gasteiger partial charge on any atom is 0.262 e. The molecular formula is C18H18BrNO3. The van der Waals surface area contributed by atoms with Crippen LogP contribution < -0.4 is 10.1 Å². The molecule has 0 atom stereocenters. The van der Waals surface area contributed by atoms with Gasteiger partial charge in [-0.25, -0.2) is 0 Å². The Bertz CT molecular complexity index is 683. The smallest absolute Gasteiger partial charge is 0.262 e. The van der Waals surface area contributed by atoms with E-state index in [0.717, 1.165) is 23.0 Å². The van der Waals surface area contributed by atoms with Gasteiger partial charge in [0.05, 0.1) is 5.56 Å². The summed E-state index contributed by atoms with van der Waals surface area (Å²) in [5.74, 6) is 0.115. The van der Waals surface area contributed by atoms with Gasteiger partial charge in [-0.3, -0.25) is 9.59 Å². The first-order chi connectivity index (χ1) is 11.1. The summed E-state index contributed by atoms with van der Waals surface area (Å²) < 4.78 is 6.20. The van der Waals surface area contributed by atoms with Crippen molar-refractivity contribution in [1.82, 2.24) is 0 Å². The van der Waals surface area contributed by atoms with Gasteiger partial charge < -0.3 is 10.1 Å². The Hall–Kier alpha value is -2.14. The molecule has 0 unspecified atom stereocenters. The maximum absolute atomic E-state index is 11.9. The van der Waals surface area contributed by atoms with Gasteiger partial charge >= 0.3 is 0 Å². The molecule has 0 aromatic heterocycles. The van der Waals surface area contributed by atoms with E-state index in [2.05, 4.69) is 28.2 Å². The second-order valence-electron chi connectivity index (χ2n) is 5.08. The summed E-state index contributed by atoms with van der Waals surface area (Å²) in [6.07, 6.45) is 2.81. The third kappa shape index (κ3) is 5.21. The molecule has 0 fully saturated rings. The van der Waals surface area contributed by atoms with Crippen molar-refractivity contribution in [1.29, 1.82) is 0 Å². The summed E-state index contributed by atoms with van der Waals surface area (Å²) in [6.45, 7) is 1.97. The lowest BCUT2D eigenvalue weighted by Gasteiger charge is -2.10. The van der Waals surface area contributed by atoms with E-state index in [9.17, 15) is 9.59 Å². The standard InChI is InChI=1S/C18H18BrNO3/c1-2-3-13-4-7-16(8-5-13)20-18(22)12-23-17-9-6-15(19)10-14(17)11-21/h4-11H,2-3,12H2,1H3,(H,20,22). The van der Waals surface area contributed by atoms with Crippen molar-refractivity contribution < 1.29 is 14.3 Å². The van der Waals surface area contributed by atoms with Crippen LogP contribution in [0.5, 0.6) is 5.75 Å². The number of amides is 1. The fraction of sp³-hybridized carbons (Fsp3) is 0.222. The van der Waals surface area contributed by atoms with Gasteiger partial charge in [-0.1, -0.05) is 41.4 Å². The Morgan fingerprint density at radius 1 is 1.22 bits per heavy atom. The molecule has 0 radical (unpaired) electrons. The maximum atomic E-state index is 11.9. The number of nitrogens with one attached hydrogen (secondary N) is 1. The minimum atomic E-state index is -0.270. The van der Waals surface area contributed by atoms with Gasteiger partial charge in [0.15, 0.2) is 12.9 Å². The summed E-state index contributed by atoms with van der Waals surface area (Å²) in [5.41, 5.74) is 2.37. The average Bonchev–Trinajstić information content (AvgIpc) is 2.55. The van der Waals surface area contributed by atoms with E-state index < -0.39 is 0 Å². The number of rotatable bonds is 7. The number of carbonyl (C=O) groups excluding carboxylic acids is 2. The molecule has 4 nitrogen and oxygen atoms in total. The zero-order valence-corrected chi connectivity index (χ0v) is 14.4. The predicted molar refractivity (Wildman–Crippen MR) is 94.1 cm³/mol. The quantitative estimate of drug-likeness (QED) is 0.736. The van der Waals surface area contributed by atoms with Gasteiger partial charge in [-0.05, 0) is 42.3 Å². The lowest BCUT2D eigenvalue weighted by molar-refractivity contribution is -0.118. The van der Waals surface area contributed by atoms with Crippen molar-refractivity contribution in [2.75, 3.05) is 11.9 Å². The van der Waals surface area contributed by atoms with Gasteiger partial charge in [0.25, 0.3) is 5.91 Å². The minimum Gasteiger partial charge on any atom is -0.483 e. The highest BCUT2D eigenvalue weighted by molar-refractivity contribution is 9.10. The lowest BCUT2D eigenvalue weighted by Crippen LogP contribution is -2.20. The van der Waals surface area contributed by atoms with Crippen LogP contribution in [0.4, 0.5) is 5.69 Å². The number of halogens is 1. The van der Waals surface area contributed by atoms with E-state index >= 15 is 0 Å². The van der Waals surface area contributed by atoms with Gasteiger partial charge in [0.1, 0.15) is 5.75 Å². The SMILES string of the molecule is CCCc1ccc(NC(=O)COc2ccc(Br)cc2C=O)cc1. The van der Waals surface area contributed by atoms with E-state index in [4.69, 9.17) is 4.74 Å². The second kappa shape index (κ2) is 8.48. The zero-order chi connectivity index (χ0) is 16.7. The molecule has 0 aliphatic carbocycles. The molecule has 0 saturated heterocycles. The Morgan fingerprint density at radius 3 is 2.61 bits per heavy atom. The highest BCUT2D eigenvalue weighted by Crippen LogP contribution is 2.21. The molecule has 0 spiro atoms. The van der Waals surface area contributed by atoms with Crippen LogP contribution in [-0.4, -0.2) is 18.8 Å². The average molecular weight is 376 g/mol. The van der Waals surface area contributed by atoms with Crippen LogP contribution in [0.2, 0.25) is 0 Å². The van der Waals surface area contributed by atoms with E-state index in [0.29, 0.717) is 17.6 Å². The molecule has 2 aromatic rings. The number of anilines is 1. The van der Waals surface area contributed by atoms with E-state index in [1.54, 1.807) is 18.2 Å². The van der Waals surface area contributed by atoms with Crippen molar-refractivity contribution in [2.24, 2.45) is 0 Å². The first-order valence-corrected chi connectivity index (χ1v) is 8.18. The number of benzene rings is 2. The van der Waals surface area contributed by atoms with Gasteiger partial charge in [0, 0.05) is 10.2 Å². The van der Waals surface area contributed by atoms with Crippen LogP contribution >= 0.6 is 15.9 Å². The summed E-state index contributed by atoms with van der Waals surface area (Å²) in [4.78, 5) is 22.9. The van der Waals surface area contributed by atoms with Crippen molar-refractivity contribution in [3.8, 4) is 5.75 Å². The van der Waals surface area contributed by atoms with Crippen molar-refractivity contribution in [3.05, 3.63) is 58.1 Å². The molecule has 23 heavy (non-hydrogen) atoms. The number of hydrogen-bond acceptors (Lipinski definition) is 3. The Labute approximate surface area is 144 Å². The van der Waals surface area contributed by atoms with Crippen molar-refractivity contribution >= 4 is 33.8 Å². The monoisotopic (exact) mass is 375 g/mol. The van der Waals surface area contributed by atoms with E-state index in [-0.39, 0.29) is 12.5 Å². The summed E-state index contributed by atoms with van der Waals surface area (Å²) >= 11 is 3.28. The largest absolute Gasteiger partial charge is 0.483 e. The van der Waals surface area contributed by atoms with Crippen LogP contribution in [0.1, 0.15) is 29.3 Å². The topological polar surface area (TPSA) is 55.4 Å².